The minimum atomic E-state index is 0.427. The van der Waals surface area contributed by atoms with Gasteiger partial charge in [-0.1, -0.05) is 11.8 Å². The van der Waals surface area contributed by atoms with Gasteiger partial charge in [-0.05, 0) is 46.7 Å². The number of hydrogen-bond donors (Lipinski definition) is 1. The van der Waals surface area contributed by atoms with Crippen LogP contribution in [-0.4, -0.2) is 17.5 Å². The van der Waals surface area contributed by atoms with Crippen LogP contribution in [-0.2, 0) is 13.1 Å². The zero-order valence-electron chi connectivity index (χ0n) is 11.3. The molecule has 1 fully saturated rings. The summed E-state index contributed by atoms with van der Waals surface area (Å²) in [5, 5.41) is 6.54. The first kappa shape index (κ1) is 13.8. The lowest BCUT2D eigenvalue weighted by Gasteiger charge is -2.21. The molecule has 104 valence electrons. The molecule has 20 heavy (non-hydrogen) atoms. The molecule has 2 aromatic heterocycles. The molecule has 0 bridgehead atoms. The van der Waals surface area contributed by atoms with Crippen LogP contribution in [0.15, 0.2) is 28.3 Å². The largest absolute Gasteiger partial charge is 0.320 e. The highest BCUT2D eigenvalue weighted by atomic mass is 32.1. The van der Waals surface area contributed by atoms with Crippen LogP contribution in [0, 0.1) is 11.8 Å². The van der Waals surface area contributed by atoms with Gasteiger partial charge in [0.2, 0.25) is 0 Å². The van der Waals surface area contributed by atoms with Crippen LogP contribution in [0.2, 0.25) is 0 Å². The topological polar surface area (TPSA) is 29.3 Å². The summed E-state index contributed by atoms with van der Waals surface area (Å²) in [6, 6.07) is 5.09. The molecule has 0 spiro atoms. The van der Waals surface area contributed by atoms with E-state index in [0.29, 0.717) is 6.54 Å². The van der Waals surface area contributed by atoms with E-state index in [-0.39, 0.29) is 0 Å². The summed E-state index contributed by atoms with van der Waals surface area (Å²) in [4.78, 5) is 3.95. The maximum Gasteiger partial charge on any atom is 0.0555 e. The normalized spacial score (nSPS) is 14.3. The Morgan fingerprint density at radius 2 is 2.15 bits per heavy atom. The Morgan fingerprint density at radius 3 is 2.85 bits per heavy atom. The maximum atomic E-state index is 5.47. The predicted octanol–water partition coefficient (Wildman–Crippen LogP) is 3.28. The number of nitrogens with zero attached hydrogens (tertiary/aromatic N) is 1. The maximum absolute atomic E-state index is 5.47. The van der Waals surface area contributed by atoms with Gasteiger partial charge in [-0.3, -0.25) is 4.90 Å². The van der Waals surface area contributed by atoms with Crippen molar-refractivity contribution < 1.29 is 0 Å². The fraction of sp³-hybridized carbons (Fsp3) is 0.375. The van der Waals surface area contributed by atoms with Gasteiger partial charge in [0, 0.05) is 29.6 Å². The van der Waals surface area contributed by atoms with Crippen molar-refractivity contribution in [2.45, 2.75) is 32.0 Å². The third-order valence-electron chi connectivity index (χ3n) is 3.45. The van der Waals surface area contributed by atoms with Gasteiger partial charge in [0.25, 0.3) is 0 Å². The second kappa shape index (κ2) is 6.55. The Balaban J connectivity index is 1.72. The molecule has 4 heteroatoms. The molecule has 0 saturated heterocycles. The monoisotopic (exact) mass is 302 g/mol. The van der Waals surface area contributed by atoms with Crippen LogP contribution in [0.3, 0.4) is 0 Å². The standard InChI is InChI=1S/C16H18N2S2/c17-7-1-2-14-6-9-20-16(14)11-18(15-3-4-15)10-13-5-8-19-12-13/h5-6,8-9,12,15H,3-4,7,10-11,17H2. The molecule has 0 aromatic carbocycles. The quantitative estimate of drug-likeness (QED) is 0.859. The first-order valence-electron chi connectivity index (χ1n) is 6.87. The summed E-state index contributed by atoms with van der Waals surface area (Å²) in [5.41, 5.74) is 8.04. The minimum absolute atomic E-state index is 0.427. The molecule has 1 aliphatic rings. The third-order valence-corrected chi connectivity index (χ3v) is 5.08. The highest BCUT2D eigenvalue weighted by Crippen LogP contribution is 2.31. The Kier molecular flexibility index (Phi) is 4.54. The average molecular weight is 302 g/mol. The van der Waals surface area contributed by atoms with Gasteiger partial charge >= 0.3 is 0 Å². The Hall–Kier alpha value is -1.12. The van der Waals surface area contributed by atoms with Crippen LogP contribution in [0.1, 0.15) is 28.8 Å². The van der Waals surface area contributed by atoms with E-state index in [1.165, 1.54) is 23.3 Å². The Labute approximate surface area is 128 Å². The summed E-state index contributed by atoms with van der Waals surface area (Å²) in [5.74, 6) is 6.15. The molecule has 1 aliphatic carbocycles. The number of thiophene rings is 2. The number of nitrogens with two attached hydrogens (primary N) is 1. The summed E-state index contributed by atoms with van der Waals surface area (Å²) < 4.78 is 0. The molecular weight excluding hydrogens is 284 g/mol. The van der Waals surface area contributed by atoms with Gasteiger partial charge in [0.05, 0.1) is 6.54 Å². The SMILES string of the molecule is NCC#Cc1ccsc1CN(Cc1ccsc1)C1CC1. The molecule has 2 nitrogen and oxygen atoms in total. The first-order valence-corrected chi connectivity index (χ1v) is 8.69. The van der Waals surface area contributed by atoms with E-state index in [1.54, 1.807) is 22.7 Å². The second-order valence-corrected chi connectivity index (χ2v) is 6.81. The Morgan fingerprint density at radius 1 is 1.25 bits per heavy atom. The minimum Gasteiger partial charge on any atom is -0.320 e. The van der Waals surface area contributed by atoms with E-state index < -0.39 is 0 Å². The van der Waals surface area contributed by atoms with E-state index in [0.717, 1.165) is 24.7 Å². The van der Waals surface area contributed by atoms with E-state index in [9.17, 15) is 0 Å². The van der Waals surface area contributed by atoms with Gasteiger partial charge in [-0.2, -0.15) is 11.3 Å². The van der Waals surface area contributed by atoms with Crippen LogP contribution in [0.25, 0.3) is 0 Å². The van der Waals surface area contributed by atoms with Crippen molar-refractivity contribution in [3.05, 3.63) is 44.3 Å². The molecule has 0 amide bonds. The molecule has 1 saturated carbocycles. The zero-order valence-corrected chi connectivity index (χ0v) is 13.0. The van der Waals surface area contributed by atoms with Crippen LogP contribution >= 0.6 is 22.7 Å². The Bertz CT molecular complexity index is 600. The van der Waals surface area contributed by atoms with Crippen molar-refractivity contribution in [1.29, 1.82) is 0 Å². The lowest BCUT2D eigenvalue weighted by Crippen LogP contribution is -2.24. The van der Waals surface area contributed by atoms with Crippen molar-refractivity contribution in [3.63, 3.8) is 0 Å². The predicted molar refractivity (Wildman–Crippen MR) is 86.8 cm³/mol. The lowest BCUT2D eigenvalue weighted by molar-refractivity contribution is 0.248. The van der Waals surface area contributed by atoms with Crippen molar-refractivity contribution in [2.75, 3.05) is 6.54 Å². The van der Waals surface area contributed by atoms with Gasteiger partial charge in [-0.15, -0.1) is 11.3 Å². The third kappa shape index (κ3) is 3.50. The van der Waals surface area contributed by atoms with Crippen LogP contribution in [0.5, 0.6) is 0 Å². The summed E-state index contributed by atoms with van der Waals surface area (Å²) in [7, 11) is 0. The van der Waals surface area contributed by atoms with E-state index in [2.05, 4.69) is 45.0 Å². The molecule has 0 aliphatic heterocycles. The van der Waals surface area contributed by atoms with Gasteiger partial charge in [0.15, 0.2) is 0 Å². The molecule has 0 radical (unpaired) electrons. The van der Waals surface area contributed by atoms with Crippen molar-refractivity contribution in [1.82, 2.24) is 4.90 Å². The highest BCUT2D eigenvalue weighted by Gasteiger charge is 2.29. The molecule has 2 heterocycles. The fourth-order valence-corrected chi connectivity index (χ4v) is 3.79. The summed E-state index contributed by atoms with van der Waals surface area (Å²) >= 11 is 3.58. The van der Waals surface area contributed by atoms with E-state index >= 15 is 0 Å². The van der Waals surface area contributed by atoms with E-state index in [1.807, 2.05) is 0 Å². The molecule has 2 aromatic rings. The summed E-state index contributed by atoms with van der Waals surface area (Å²) in [6.07, 6.45) is 2.67. The van der Waals surface area contributed by atoms with Crippen molar-refractivity contribution >= 4 is 22.7 Å². The van der Waals surface area contributed by atoms with Gasteiger partial charge < -0.3 is 5.73 Å². The van der Waals surface area contributed by atoms with Crippen LogP contribution < -0.4 is 5.73 Å². The molecule has 2 N–H and O–H groups in total. The van der Waals surface area contributed by atoms with Crippen molar-refractivity contribution in [3.8, 4) is 11.8 Å². The average Bonchev–Trinajstić information content (AvgIpc) is 3.00. The second-order valence-electron chi connectivity index (χ2n) is 5.03. The number of rotatable bonds is 5. The highest BCUT2D eigenvalue weighted by molar-refractivity contribution is 7.10. The molecule has 0 atom stereocenters. The van der Waals surface area contributed by atoms with Crippen LogP contribution in [0.4, 0.5) is 0 Å². The number of hydrogen-bond acceptors (Lipinski definition) is 4. The lowest BCUT2D eigenvalue weighted by atomic mass is 10.2. The molecular formula is C16H18N2S2. The van der Waals surface area contributed by atoms with Crippen molar-refractivity contribution in [2.24, 2.45) is 5.73 Å². The van der Waals surface area contributed by atoms with E-state index in [4.69, 9.17) is 5.73 Å². The smallest absolute Gasteiger partial charge is 0.0555 e. The zero-order chi connectivity index (χ0) is 13.8. The first-order chi connectivity index (χ1) is 9.86. The van der Waals surface area contributed by atoms with Gasteiger partial charge in [-0.25, -0.2) is 0 Å². The molecule has 0 unspecified atom stereocenters. The summed E-state index contributed by atoms with van der Waals surface area (Å²) in [6.45, 7) is 2.49. The molecule has 3 rings (SSSR count). The van der Waals surface area contributed by atoms with Gasteiger partial charge in [0.1, 0.15) is 0 Å². The fourth-order valence-electron chi connectivity index (χ4n) is 2.28.